The second kappa shape index (κ2) is 8.93. The van der Waals surface area contributed by atoms with Crippen LogP contribution in [0.15, 0.2) is 53.6 Å². The fraction of sp³-hybridized carbons (Fsp3) is 0.235. The van der Waals surface area contributed by atoms with Crippen LogP contribution in [0.4, 0.5) is 10.6 Å². The highest BCUT2D eigenvalue weighted by Gasteiger charge is 2.19. The van der Waals surface area contributed by atoms with Gasteiger partial charge in [0.2, 0.25) is 0 Å². The quantitative estimate of drug-likeness (QED) is 0.621. The van der Waals surface area contributed by atoms with Crippen molar-refractivity contribution < 1.29 is 14.3 Å². The van der Waals surface area contributed by atoms with Gasteiger partial charge >= 0.3 is 12.0 Å². The van der Waals surface area contributed by atoms with E-state index in [9.17, 15) is 9.59 Å². The Balaban J connectivity index is 2.09. The molecule has 1 unspecified atom stereocenters. The van der Waals surface area contributed by atoms with Gasteiger partial charge in [-0.1, -0.05) is 18.2 Å². The molecule has 2 amide bonds. The number of carbonyl (C=O) groups excluding carboxylic acids is 2. The Kier molecular flexibility index (Phi) is 6.62. The SMILES string of the molecule is COC(=O)CC(NC(=O)Nc1ccccn1)c1ccc(SC)cc1. The minimum atomic E-state index is -0.489. The Bertz CT molecular complexity index is 677. The van der Waals surface area contributed by atoms with E-state index in [0.717, 1.165) is 10.5 Å². The van der Waals surface area contributed by atoms with E-state index >= 15 is 0 Å². The lowest BCUT2D eigenvalue weighted by molar-refractivity contribution is -0.141. The molecule has 0 saturated carbocycles. The Hall–Kier alpha value is -2.54. The predicted molar refractivity (Wildman–Crippen MR) is 94.0 cm³/mol. The first-order valence-corrected chi connectivity index (χ1v) is 8.54. The number of aromatic nitrogens is 1. The Labute approximate surface area is 145 Å². The van der Waals surface area contributed by atoms with E-state index in [1.807, 2.05) is 30.5 Å². The Morgan fingerprint density at radius 2 is 1.96 bits per heavy atom. The number of hydrogen-bond donors (Lipinski definition) is 2. The van der Waals surface area contributed by atoms with Crippen molar-refractivity contribution in [1.29, 1.82) is 0 Å². The fourth-order valence-corrected chi connectivity index (χ4v) is 2.49. The Morgan fingerprint density at radius 3 is 2.54 bits per heavy atom. The van der Waals surface area contributed by atoms with Crippen molar-refractivity contribution in [3.63, 3.8) is 0 Å². The first-order valence-electron chi connectivity index (χ1n) is 7.31. The topological polar surface area (TPSA) is 80.3 Å². The molecular weight excluding hydrogens is 326 g/mol. The number of rotatable bonds is 6. The number of methoxy groups -OCH3 is 1. The van der Waals surface area contributed by atoms with Gasteiger partial charge in [0.15, 0.2) is 0 Å². The molecule has 2 N–H and O–H groups in total. The average Bonchev–Trinajstić information content (AvgIpc) is 2.62. The van der Waals surface area contributed by atoms with Crippen LogP contribution in [-0.2, 0) is 9.53 Å². The summed E-state index contributed by atoms with van der Waals surface area (Å²) in [6.07, 6.45) is 3.62. The maximum atomic E-state index is 12.2. The van der Waals surface area contributed by atoms with Crippen LogP contribution in [-0.4, -0.2) is 30.3 Å². The average molecular weight is 345 g/mol. The predicted octanol–water partition coefficient (Wildman–Crippen LogP) is 3.23. The summed E-state index contributed by atoms with van der Waals surface area (Å²) >= 11 is 1.62. The molecule has 0 saturated heterocycles. The maximum Gasteiger partial charge on any atom is 0.320 e. The number of pyridine rings is 1. The van der Waals surface area contributed by atoms with Crippen LogP contribution in [0.2, 0.25) is 0 Å². The van der Waals surface area contributed by atoms with E-state index < -0.39 is 18.0 Å². The van der Waals surface area contributed by atoms with Gasteiger partial charge in [-0.05, 0) is 36.1 Å². The van der Waals surface area contributed by atoms with Crippen LogP contribution < -0.4 is 10.6 Å². The van der Waals surface area contributed by atoms with Crippen LogP contribution in [0.1, 0.15) is 18.0 Å². The van der Waals surface area contributed by atoms with E-state index in [-0.39, 0.29) is 6.42 Å². The summed E-state index contributed by atoms with van der Waals surface area (Å²) in [5.74, 6) is 0.0385. The van der Waals surface area contributed by atoms with Gasteiger partial charge in [0, 0.05) is 11.1 Å². The van der Waals surface area contributed by atoms with E-state index in [2.05, 4.69) is 15.6 Å². The van der Waals surface area contributed by atoms with Gasteiger partial charge in [-0.25, -0.2) is 9.78 Å². The molecule has 1 aromatic carbocycles. The number of thioether (sulfide) groups is 1. The summed E-state index contributed by atoms with van der Waals surface area (Å²) < 4.78 is 4.72. The summed E-state index contributed by atoms with van der Waals surface area (Å²) in [7, 11) is 1.32. The molecule has 126 valence electrons. The van der Waals surface area contributed by atoms with Gasteiger partial charge in [-0.15, -0.1) is 11.8 Å². The summed E-state index contributed by atoms with van der Waals surface area (Å²) in [5, 5.41) is 5.43. The van der Waals surface area contributed by atoms with Crippen LogP contribution >= 0.6 is 11.8 Å². The fourth-order valence-electron chi connectivity index (χ4n) is 2.09. The zero-order chi connectivity index (χ0) is 17.4. The number of anilines is 1. The van der Waals surface area contributed by atoms with Crippen molar-refractivity contribution in [3.8, 4) is 0 Å². The number of carbonyl (C=O) groups is 2. The van der Waals surface area contributed by atoms with Crippen LogP contribution in [0.25, 0.3) is 0 Å². The zero-order valence-corrected chi connectivity index (χ0v) is 14.3. The minimum Gasteiger partial charge on any atom is -0.469 e. The highest BCUT2D eigenvalue weighted by molar-refractivity contribution is 7.98. The molecule has 2 rings (SSSR count). The Morgan fingerprint density at radius 1 is 1.21 bits per heavy atom. The maximum absolute atomic E-state index is 12.2. The summed E-state index contributed by atoms with van der Waals surface area (Å²) in [6, 6.07) is 12.0. The van der Waals surface area contributed by atoms with Crippen LogP contribution in [0, 0.1) is 0 Å². The molecule has 0 aliphatic rings. The van der Waals surface area contributed by atoms with Gasteiger partial charge in [0.25, 0.3) is 0 Å². The molecule has 0 aliphatic heterocycles. The number of ether oxygens (including phenoxy) is 1. The minimum absolute atomic E-state index is 0.0464. The number of amides is 2. The molecule has 0 fully saturated rings. The first-order chi connectivity index (χ1) is 11.6. The second-order valence-corrected chi connectivity index (χ2v) is 5.80. The van der Waals surface area contributed by atoms with E-state index in [0.29, 0.717) is 5.82 Å². The number of nitrogens with one attached hydrogen (secondary N) is 2. The second-order valence-electron chi connectivity index (χ2n) is 4.92. The first kappa shape index (κ1) is 17.8. The summed E-state index contributed by atoms with van der Waals surface area (Å²) in [6.45, 7) is 0. The molecule has 7 heteroatoms. The smallest absolute Gasteiger partial charge is 0.320 e. The van der Waals surface area contributed by atoms with E-state index in [1.54, 1.807) is 36.2 Å². The van der Waals surface area contributed by atoms with E-state index in [1.165, 1.54) is 7.11 Å². The lowest BCUT2D eigenvalue weighted by Gasteiger charge is -2.18. The van der Waals surface area contributed by atoms with Crippen molar-refractivity contribution in [3.05, 3.63) is 54.2 Å². The van der Waals surface area contributed by atoms with Gasteiger partial charge in [0.1, 0.15) is 5.82 Å². The summed E-state index contributed by atoms with van der Waals surface area (Å²) in [5.41, 5.74) is 0.828. The van der Waals surface area contributed by atoms with Gasteiger partial charge < -0.3 is 10.1 Å². The van der Waals surface area contributed by atoms with Crippen molar-refractivity contribution in [2.75, 3.05) is 18.7 Å². The van der Waals surface area contributed by atoms with Crippen LogP contribution in [0.3, 0.4) is 0 Å². The molecular formula is C17H19N3O3S. The molecule has 0 aliphatic carbocycles. The molecule has 0 spiro atoms. The van der Waals surface area contributed by atoms with Crippen molar-refractivity contribution >= 4 is 29.6 Å². The van der Waals surface area contributed by atoms with Crippen LogP contribution in [0.5, 0.6) is 0 Å². The molecule has 1 aromatic heterocycles. The molecule has 0 bridgehead atoms. The van der Waals surface area contributed by atoms with Crippen molar-refractivity contribution in [2.24, 2.45) is 0 Å². The largest absolute Gasteiger partial charge is 0.469 e. The normalized spacial score (nSPS) is 11.4. The number of nitrogens with zero attached hydrogens (tertiary/aromatic N) is 1. The van der Waals surface area contributed by atoms with Crippen molar-refractivity contribution in [2.45, 2.75) is 17.4 Å². The van der Waals surface area contributed by atoms with Gasteiger partial charge in [-0.3, -0.25) is 10.1 Å². The van der Waals surface area contributed by atoms with Gasteiger partial charge in [-0.2, -0.15) is 0 Å². The number of hydrogen-bond acceptors (Lipinski definition) is 5. The van der Waals surface area contributed by atoms with Crippen molar-refractivity contribution in [1.82, 2.24) is 10.3 Å². The lowest BCUT2D eigenvalue weighted by Crippen LogP contribution is -2.34. The number of esters is 1. The van der Waals surface area contributed by atoms with E-state index in [4.69, 9.17) is 4.74 Å². The third-order valence-corrected chi connectivity index (χ3v) is 4.07. The number of benzene rings is 1. The molecule has 1 heterocycles. The highest BCUT2D eigenvalue weighted by Crippen LogP contribution is 2.22. The highest BCUT2D eigenvalue weighted by atomic mass is 32.2. The standard InChI is InChI=1S/C17H19N3O3S/c1-23-16(21)11-14(12-6-8-13(24-2)9-7-12)19-17(22)20-15-5-3-4-10-18-15/h3-10,14H,11H2,1-2H3,(H2,18,19,20,22). The lowest BCUT2D eigenvalue weighted by atomic mass is 10.0. The van der Waals surface area contributed by atoms with Gasteiger partial charge in [0.05, 0.1) is 19.6 Å². The number of urea groups is 1. The monoisotopic (exact) mass is 345 g/mol. The molecule has 1 atom stereocenters. The molecule has 2 aromatic rings. The third kappa shape index (κ3) is 5.27. The molecule has 0 radical (unpaired) electrons. The third-order valence-electron chi connectivity index (χ3n) is 3.33. The summed E-state index contributed by atoms with van der Waals surface area (Å²) in [4.78, 5) is 29.0. The zero-order valence-electron chi connectivity index (χ0n) is 13.5. The molecule has 24 heavy (non-hydrogen) atoms. The molecule has 6 nitrogen and oxygen atoms in total.